The van der Waals surface area contributed by atoms with E-state index in [1.165, 1.54) is 0 Å². The highest BCUT2D eigenvalue weighted by atomic mass is 16.5. The standard InChI is InChI=1S/C22H22N2O3/c1-16(2)26-19-14-12-17(13-15-19)23-22(25)24-20-10-6-7-11-21(20)27-18-8-4-3-5-9-18/h3-16H,1-2H3,(H2,23,24,25). The Hall–Kier alpha value is -3.47. The summed E-state index contributed by atoms with van der Waals surface area (Å²) in [6, 6.07) is 23.6. The molecule has 3 rings (SSSR count). The molecule has 0 aromatic heterocycles. The number of amides is 2. The lowest BCUT2D eigenvalue weighted by Gasteiger charge is -2.13. The van der Waals surface area contributed by atoms with Gasteiger partial charge in [0.1, 0.15) is 11.5 Å². The minimum absolute atomic E-state index is 0.105. The van der Waals surface area contributed by atoms with Crippen molar-refractivity contribution in [3.8, 4) is 17.2 Å². The number of benzene rings is 3. The van der Waals surface area contributed by atoms with Crippen molar-refractivity contribution >= 4 is 17.4 Å². The second-order valence-electron chi connectivity index (χ2n) is 6.18. The topological polar surface area (TPSA) is 59.6 Å². The van der Waals surface area contributed by atoms with Crippen LogP contribution in [0.3, 0.4) is 0 Å². The molecule has 2 N–H and O–H groups in total. The minimum atomic E-state index is -0.350. The fourth-order valence-electron chi connectivity index (χ4n) is 2.45. The van der Waals surface area contributed by atoms with Gasteiger partial charge in [0.05, 0.1) is 11.8 Å². The molecule has 5 heteroatoms. The maximum Gasteiger partial charge on any atom is 0.323 e. The molecule has 0 heterocycles. The maximum absolute atomic E-state index is 12.3. The van der Waals surface area contributed by atoms with Gasteiger partial charge in [0.25, 0.3) is 0 Å². The summed E-state index contributed by atoms with van der Waals surface area (Å²) in [5.74, 6) is 2.03. The normalized spacial score (nSPS) is 10.3. The average Bonchev–Trinajstić information content (AvgIpc) is 2.65. The predicted molar refractivity (Wildman–Crippen MR) is 108 cm³/mol. The maximum atomic E-state index is 12.3. The molecule has 0 radical (unpaired) electrons. The monoisotopic (exact) mass is 362 g/mol. The lowest BCUT2D eigenvalue weighted by Crippen LogP contribution is -2.19. The van der Waals surface area contributed by atoms with Crippen molar-refractivity contribution in [3.05, 3.63) is 78.9 Å². The summed E-state index contributed by atoms with van der Waals surface area (Å²) >= 11 is 0. The molecule has 0 aliphatic carbocycles. The smallest absolute Gasteiger partial charge is 0.323 e. The Morgan fingerprint density at radius 1 is 0.778 bits per heavy atom. The van der Waals surface area contributed by atoms with Gasteiger partial charge in [-0.2, -0.15) is 0 Å². The van der Waals surface area contributed by atoms with Crippen molar-refractivity contribution < 1.29 is 14.3 Å². The zero-order chi connectivity index (χ0) is 19.1. The van der Waals surface area contributed by atoms with Crippen LogP contribution < -0.4 is 20.1 Å². The number of ether oxygens (including phenoxy) is 2. The van der Waals surface area contributed by atoms with Crippen LogP contribution in [0.4, 0.5) is 16.2 Å². The Morgan fingerprint density at radius 2 is 1.44 bits per heavy atom. The van der Waals surface area contributed by atoms with E-state index in [-0.39, 0.29) is 12.1 Å². The third-order valence-electron chi connectivity index (χ3n) is 3.59. The molecule has 0 bridgehead atoms. The van der Waals surface area contributed by atoms with Crippen LogP contribution in [0, 0.1) is 0 Å². The third kappa shape index (κ3) is 5.51. The van der Waals surface area contributed by atoms with E-state index in [4.69, 9.17) is 9.47 Å². The Balaban J connectivity index is 1.64. The number of carbonyl (C=O) groups is 1. The SMILES string of the molecule is CC(C)Oc1ccc(NC(=O)Nc2ccccc2Oc2ccccc2)cc1. The van der Waals surface area contributed by atoms with E-state index in [2.05, 4.69) is 10.6 Å². The Bertz CT molecular complexity index is 878. The van der Waals surface area contributed by atoms with Gasteiger partial charge < -0.3 is 20.1 Å². The Kier molecular flexibility index (Phi) is 5.94. The van der Waals surface area contributed by atoms with Gasteiger partial charge in [-0.3, -0.25) is 0 Å². The van der Waals surface area contributed by atoms with Gasteiger partial charge in [0.2, 0.25) is 0 Å². The van der Waals surface area contributed by atoms with Crippen LogP contribution in [0.1, 0.15) is 13.8 Å². The van der Waals surface area contributed by atoms with E-state index in [0.29, 0.717) is 22.9 Å². The van der Waals surface area contributed by atoms with Crippen LogP contribution in [0.5, 0.6) is 17.2 Å². The first kappa shape index (κ1) is 18.3. The molecule has 0 aliphatic rings. The number of hydrogen-bond donors (Lipinski definition) is 2. The molecule has 5 nitrogen and oxygen atoms in total. The zero-order valence-corrected chi connectivity index (χ0v) is 15.3. The lowest BCUT2D eigenvalue weighted by atomic mass is 10.3. The largest absolute Gasteiger partial charge is 0.491 e. The number of carbonyl (C=O) groups excluding carboxylic acids is 1. The lowest BCUT2D eigenvalue weighted by molar-refractivity contribution is 0.242. The zero-order valence-electron chi connectivity index (χ0n) is 15.3. The highest BCUT2D eigenvalue weighted by molar-refractivity contribution is 6.00. The van der Waals surface area contributed by atoms with Gasteiger partial charge in [-0.25, -0.2) is 4.79 Å². The van der Waals surface area contributed by atoms with Crippen molar-refractivity contribution in [2.75, 3.05) is 10.6 Å². The third-order valence-corrected chi connectivity index (χ3v) is 3.59. The summed E-state index contributed by atoms with van der Waals surface area (Å²) in [7, 11) is 0. The number of nitrogens with one attached hydrogen (secondary N) is 2. The second kappa shape index (κ2) is 8.76. The van der Waals surface area contributed by atoms with Crippen LogP contribution in [-0.2, 0) is 0 Å². The van der Waals surface area contributed by atoms with Gasteiger partial charge in [-0.15, -0.1) is 0 Å². The van der Waals surface area contributed by atoms with E-state index < -0.39 is 0 Å². The molecular formula is C22H22N2O3. The first-order valence-electron chi connectivity index (χ1n) is 8.77. The van der Waals surface area contributed by atoms with Crippen LogP contribution in [0.2, 0.25) is 0 Å². The molecule has 0 atom stereocenters. The highest BCUT2D eigenvalue weighted by Crippen LogP contribution is 2.29. The van der Waals surface area contributed by atoms with Crippen LogP contribution >= 0.6 is 0 Å². The van der Waals surface area contributed by atoms with E-state index >= 15 is 0 Å². The molecule has 3 aromatic rings. The number of para-hydroxylation sites is 3. The quantitative estimate of drug-likeness (QED) is 0.573. The molecule has 27 heavy (non-hydrogen) atoms. The molecule has 2 amide bonds. The average molecular weight is 362 g/mol. The molecule has 0 spiro atoms. The fraction of sp³-hybridized carbons (Fsp3) is 0.136. The molecule has 3 aromatic carbocycles. The van der Waals surface area contributed by atoms with E-state index in [1.54, 1.807) is 24.3 Å². The van der Waals surface area contributed by atoms with Crippen molar-refractivity contribution in [2.45, 2.75) is 20.0 Å². The van der Waals surface area contributed by atoms with Crippen LogP contribution in [-0.4, -0.2) is 12.1 Å². The van der Waals surface area contributed by atoms with Crippen molar-refractivity contribution in [3.63, 3.8) is 0 Å². The first-order valence-corrected chi connectivity index (χ1v) is 8.77. The molecule has 0 fully saturated rings. The fourth-order valence-corrected chi connectivity index (χ4v) is 2.45. The molecule has 0 aliphatic heterocycles. The van der Waals surface area contributed by atoms with Crippen molar-refractivity contribution in [1.29, 1.82) is 0 Å². The number of urea groups is 1. The molecule has 0 saturated heterocycles. The highest BCUT2D eigenvalue weighted by Gasteiger charge is 2.09. The van der Waals surface area contributed by atoms with Crippen LogP contribution in [0.25, 0.3) is 0 Å². The summed E-state index contributed by atoms with van der Waals surface area (Å²) < 4.78 is 11.5. The summed E-state index contributed by atoms with van der Waals surface area (Å²) in [6.07, 6.45) is 0.105. The van der Waals surface area contributed by atoms with Gasteiger partial charge in [0, 0.05) is 5.69 Å². The van der Waals surface area contributed by atoms with E-state index in [9.17, 15) is 4.79 Å². The molecule has 0 saturated carbocycles. The van der Waals surface area contributed by atoms with E-state index in [1.807, 2.05) is 68.4 Å². The predicted octanol–water partition coefficient (Wildman–Crippen LogP) is 5.91. The van der Waals surface area contributed by atoms with Gasteiger partial charge >= 0.3 is 6.03 Å². The molecular weight excluding hydrogens is 340 g/mol. The summed E-state index contributed by atoms with van der Waals surface area (Å²) in [4.78, 5) is 12.3. The van der Waals surface area contributed by atoms with Gasteiger partial charge in [-0.1, -0.05) is 30.3 Å². The van der Waals surface area contributed by atoms with Gasteiger partial charge in [0.15, 0.2) is 5.75 Å². The Labute approximate surface area is 158 Å². The van der Waals surface area contributed by atoms with Crippen molar-refractivity contribution in [2.24, 2.45) is 0 Å². The first-order chi connectivity index (χ1) is 13.1. The number of hydrogen-bond acceptors (Lipinski definition) is 3. The minimum Gasteiger partial charge on any atom is -0.491 e. The number of rotatable bonds is 6. The number of anilines is 2. The van der Waals surface area contributed by atoms with Crippen molar-refractivity contribution in [1.82, 2.24) is 0 Å². The summed E-state index contributed by atoms with van der Waals surface area (Å²) in [5, 5.41) is 5.62. The summed E-state index contributed by atoms with van der Waals surface area (Å²) in [6.45, 7) is 3.93. The van der Waals surface area contributed by atoms with E-state index in [0.717, 1.165) is 5.75 Å². The second-order valence-corrected chi connectivity index (χ2v) is 6.18. The van der Waals surface area contributed by atoms with Crippen LogP contribution in [0.15, 0.2) is 78.9 Å². The summed E-state index contributed by atoms with van der Waals surface area (Å²) in [5.41, 5.74) is 1.25. The molecule has 138 valence electrons. The Morgan fingerprint density at radius 3 is 2.15 bits per heavy atom. The molecule has 0 unspecified atom stereocenters. The van der Waals surface area contributed by atoms with Gasteiger partial charge in [-0.05, 0) is 62.4 Å².